The van der Waals surface area contributed by atoms with Crippen LogP contribution >= 0.6 is 0 Å². The van der Waals surface area contributed by atoms with E-state index in [4.69, 9.17) is 4.42 Å². The van der Waals surface area contributed by atoms with Gasteiger partial charge in [-0.25, -0.2) is 13.8 Å². The van der Waals surface area contributed by atoms with Crippen molar-refractivity contribution in [2.45, 2.75) is 26.7 Å². The highest BCUT2D eigenvalue weighted by molar-refractivity contribution is 5.77. The summed E-state index contributed by atoms with van der Waals surface area (Å²) in [5, 5.41) is 0. The molecule has 0 aliphatic carbocycles. The minimum atomic E-state index is -0.939. The Labute approximate surface area is 85.9 Å². The van der Waals surface area contributed by atoms with Crippen LogP contribution in [0.1, 0.15) is 31.2 Å². The molecular formula is C11H11F2NO. The van der Waals surface area contributed by atoms with E-state index >= 15 is 0 Å². The van der Waals surface area contributed by atoms with E-state index in [-0.39, 0.29) is 11.4 Å². The van der Waals surface area contributed by atoms with Gasteiger partial charge in [0.1, 0.15) is 5.52 Å². The highest BCUT2D eigenvalue weighted by Crippen LogP contribution is 2.29. The van der Waals surface area contributed by atoms with Crippen molar-refractivity contribution >= 4 is 11.1 Å². The Kier molecular flexibility index (Phi) is 2.21. The maximum Gasteiger partial charge on any atom is 0.192 e. The lowest BCUT2D eigenvalue weighted by molar-refractivity contribution is 0.511. The van der Waals surface area contributed by atoms with Gasteiger partial charge in [-0.2, -0.15) is 0 Å². The highest BCUT2D eigenvalue weighted by Gasteiger charge is 2.18. The molecule has 0 amide bonds. The Bertz CT molecular complexity index is 517. The van der Waals surface area contributed by atoms with Crippen molar-refractivity contribution < 1.29 is 13.2 Å². The van der Waals surface area contributed by atoms with Gasteiger partial charge in [0.05, 0.1) is 0 Å². The van der Waals surface area contributed by atoms with Gasteiger partial charge in [-0.15, -0.1) is 0 Å². The van der Waals surface area contributed by atoms with Crippen molar-refractivity contribution in [2.75, 3.05) is 0 Å². The molecule has 0 spiro atoms. The first-order chi connectivity index (χ1) is 7.00. The Morgan fingerprint density at radius 1 is 1.33 bits per heavy atom. The van der Waals surface area contributed by atoms with Crippen molar-refractivity contribution in [3.05, 3.63) is 29.2 Å². The molecule has 1 aromatic heterocycles. The summed E-state index contributed by atoms with van der Waals surface area (Å²) >= 11 is 0. The largest absolute Gasteiger partial charge is 0.441 e. The zero-order valence-corrected chi connectivity index (χ0v) is 8.77. The molecule has 0 saturated carbocycles. The molecule has 2 aromatic rings. The standard InChI is InChI=1S/C11H11F2NO/c1-5(2)7-4-8(12)9(13)10-11(7)15-6(3)14-10/h4-5H,1-3H3. The molecule has 0 unspecified atom stereocenters. The Balaban J connectivity index is 2.87. The lowest BCUT2D eigenvalue weighted by Crippen LogP contribution is -1.94. The Morgan fingerprint density at radius 2 is 2.00 bits per heavy atom. The normalized spacial score (nSPS) is 11.6. The van der Waals surface area contributed by atoms with Gasteiger partial charge in [0.2, 0.25) is 0 Å². The summed E-state index contributed by atoms with van der Waals surface area (Å²) in [4.78, 5) is 3.83. The van der Waals surface area contributed by atoms with Crippen LogP contribution in [0.5, 0.6) is 0 Å². The van der Waals surface area contributed by atoms with Gasteiger partial charge < -0.3 is 4.42 Å². The van der Waals surface area contributed by atoms with Crippen molar-refractivity contribution in [1.29, 1.82) is 0 Å². The average Bonchev–Trinajstić information content (AvgIpc) is 2.53. The molecule has 0 N–H and O–H groups in total. The summed E-state index contributed by atoms with van der Waals surface area (Å²) in [6.45, 7) is 5.40. The molecule has 0 aliphatic rings. The number of aromatic nitrogens is 1. The van der Waals surface area contributed by atoms with E-state index in [0.29, 0.717) is 17.0 Å². The molecule has 1 heterocycles. The number of benzene rings is 1. The molecule has 0 bridgehead atoms. The molecule has 0 atom stereocenters. The molecule has 15 heavy (non-hydrogen) atoms. The van der Waals surface area contributed by atoms with Crippen LogP contribution in [-0.2, 0) is 0 Å². The number of rotatable bonds is 1. The van der Waals surface area contributed by atoms with E-state index in [2.05, 4.69) is 4.98 Å². The van der Waals surface area contributed by atoms with Gasteiger partial charge in [-0.3, -0.25) is 0 Å². The van der Waals surface area contributed by atoms with Crippen LogP contribution in [0.4, 0.5) is 8.78 Å². The molecular weight excluding hydrogens is 200 g/mol. The quantitative estimate of drug-likeness (QED) is 0.721. The predicted octanol–water partition coefficient (Wildman–Crippen LogP) is 3.54. The van der Waals surface area contributed by atoms with E-state index in [9.17, 15) is 8.78 Å². The zero-order valence-electron chi connectivity index (χ0n) is 8.77. The highest BCUT2D eigenvalue weighted by atomic mass is 19.2. The van der Waals surface area contributed by atoms with Gasteiger partial charge in [-0.05, 0) is 12.0 Å². The second-order valence-corrected chi connectivity index (χ2v) is 3.83. The molecule has 0 aliphatic heterocycles. The minimum Gasteiger partial charge on any atom is -0.441 e. The number of nitrogens with zero attached hydrogens (tertiary/aromatic N) is 1. The Morgan fingerprint density at radius 3 is 2.60 bits per heavy atom. The second kappa shape index (κ2) is 3.29. The van der Waals surface area contributed by atoms with E-state index in [0.717, 1.165) is 0 Å². The fourth-order valence-corrected chi connectivity index (χ4v) is 1.58. The summed E-state index contributed by atoms with van der Waals surface area (Å²) in [5.74, 6) is -1.41. The van der Waals surface area contributed by atoms with Crippen LogP contribution in [0.15, 0.2) is 10.5 Å². The van der Waals surface area contributed by atoms with Crippen LogP contribution in [-0.4, -0.2) is 4.98 Å². The fourth-order valence-electron chi connectivity index (χ4n) is 1.58. The van der Waals surface area contributed by atoms with E-state index < -0.39 is 11.6 Å². The number of halogens is 2. The van der Waals surface area contributed by atoms with Crippen LogP contribution in [0.25, 0.3) is 11.1 Å². The van der Waals surface area contributed by atoms with Gasteiger partial charge in [0, 0.05) is 12.5 Å². The first kappa shape index (κ1) is 10.1. The number of fused-ring (bicyclic) bond motifs is 1. The minimum absolute atomic E-state index is 0.0174. The maximum absolute atomic E-state index is 13.4. The van der Waals surface area contributed by atoms with Crippen LogP contribution in [0.3, 0.4) is 0 Å². The number of aryl methyl sites for hydroxylation is 1. The summed E-state index contributed by atoms with van der Waals surface area (Å²) in [6, 6.07) is 1.17. The van der Waals surface area contributed by atoms with Crippen molar-refractivity contribution in [2.24, 2.45) is 0 Å². The number of hydrogen-bond acceptors (Lipinski definition) is 2. The van der Waals surface area contributed by atoms with E-state index in [1.807, 2.05) is 13.8 Å². The van der Waals surface area contributed by atoms with Gasteiger partial charge in [0.15, 0.2) is 23.1 Å². The number of oxazole rings is 1. The van der Waals surface area contributed by atoms with Crippen molar-refractivity contribution in [1.82, 2.24) is 4.98 Å². The molecule has 0 saturated heterocycles. The second-order valence-electron chi connectivity index (χ2n) is 3.83. The third-order valence-corrected chi connectivity index (χ3v) is 2.32. The maximum atomic E-state index is 13.4. The third-order valence-electron chi connectivity index (χ3n) is 2.32. The molecule has 80 valence electrons. The third kappa shape index (κ3) is 1.50. The zero-order chi connectivity index (χ0) is 11.2. The summed E-state index contributed by atoms with van der Waals surface area (Å²) in [5.41, 5.74) is 0.974. The molecule has 4 heteroatoms. The Hall–Kier alpha value is -1.45. The molecule has 0 radical (unpaired) electrons. The molecule has 2 rings (SSSR count). The first-order valence-electron chi connectivity index (χ1n) is 4.75. The summed E-state index contributed by atoms with van der Waals surface area (Å²) in [6.07, 6.45) is 0. The van der Waals surface area contributed by atoms with Crippen LogP contribution in [0, 0.1) is 18.6 Å². The summed E-state index contributed by atoms with van der Waals surface area (Å²) < 4.78 is 31.9. The molecule has 2 nitrogen and oxygen atoms in total. The van der Waals surface area contributed by atoms with Crippen LogP contribution in [0.2, 0.25) is 0 Å². The van der Waals surface area contributed by atoms with Gasteiger partial charge in [-0.1, -0.05) is 13.8 Å². The van der Waals surface area contributed by atoms with E-state index in [1.54, 1.807) is 6.92 Å². The predicted molar refractivity (Wildman–Crippen MR) is 52.8 cm³/mol. The fraction of sp³-hybridized carbons (Fsp3) is 0.364. The molecule has 1 aromatic carbocycles. The van der Waals surface area contributed by atoms with Crippen LogP contribution < -0.4 is 0 Å². The first-order valence-corrected chi connectivity index (χ1v) is 4.75. The number of hydrogen-bond donors (Lipinski definition) is 0. The van der Waals surface area contributed by atoms with E-state index in [1.165, 1.54) is 6.07 Å². The monoisotopic (exact) mass is 211 g/mol. The molecule has 0 fully saturated rings. The van der Waals surface area contributed by atoms with Gasteiger partial charge in [0.25, 0.3) is 0 Å². The lowest BCUT2D eigenvalue weighted by Gasteiger charge is -2.05. The van der Waals surface area contributed by atoms with Gasteiger partial charge >= 0.3 is 0 Å². The smallest absolute Gasteiger partial charge is 0.192 e. The topological polar surface area (TPSA) is 26.0 Å². The van der Waals surface area contributed by atoms with Crippen molar-refractivity contribution in [3.63, 3.8) is 0 Å². The summed E-state index contributed by atoms with van der Waals surface area (Å²) in [7, 11) is 0. The SMILES string of the molecule is Cc1nc2c(F)c(F)cc(C(C)C)c2o1. The lowest BCUT2D eigenvalue weighted by atomic mass is 10.0. The van der Waals surface area contributed by atoms with Crippen molar-refractivity contribution in [3.8, 4) is 0 Å². The average molecular weight is 211 g/mol.